The fraction of sp³-hybridized carbons (Fsp3) is 0.368. The lowest BCUT2D eigenvalue weighted by Crippen LogP contribution is -2.40. The molecular weight excluding hydrogens is 256 g/mol. The van der Waals surface area contributed by atoms with Crippen LogP contribution in [0.15, 0.2) is 42.5 Å². The molecular formula is C19H22N2. The van der Waals surface area contributed by atoms with Crippen molar-refractivity contribution in [2.75, 3.05) is 16.8 Å². The van der Waals surface area contributed by atoms with Gasteiger partial charge in [0.25, 0.3) is 0 Å². The first-order valence-corrected chi connectivity index (χ1v) is 7.92. The van der Waals surface area contributed by atoms with Gasteiger partial charge in [0.15, 0.2) is 0 Å². The van der Waals surface area contributed by atoms with Crippen molar-refractivity contribution in [1.29, 1.82) is 0 Å². The number of anilines is 2. The van der Waals surface area contributed by atoms with Gasteiger partial charge < -0.3 is 10.2 Å². The Morgan fingerprint density at radius 3 is 2.57 bits per heavy atom. The highest BCUT2D eigenvalue weighted by Crippen LogP contribution is 2.45. The SMILES string of the molecule is Cc1cc2c(cc1C)N1[C@H](CC[C@H]1c1ccccc1)CN2. The molecule has 108 valence electrons. The van der Waals surface area contributed by atoms with E-state index in [0.717, 1.165) is 6.54 Å². The van der Waals surface area contributed by atoms with E-state index in [0.29, 0.717) is 12.1 Å². The summed E-state index contributed by atoms with van der Waals surface area (Å²) >= 11 is 0. The zero-order valence-corrected chi connectivity index (χ0v) is 12.8. The number of hydrogen-bond donors (Lipinski definition) is 1. The Hall–Kier alpha value is -1.96. The average Bonchev–Trinajstić information content (AvgIpc) is 2.94. The van der Waals surface area contributed by atoms with E-state index >= 15 is 0 Å². The lowest BCUT2D eigenvalue weighted by Gasteiger charge is -2.39. The number of nitrogens with zero attached hydrogens (tertiary/aromatic N) is 1. The summed E-state index contributed by atoms with van der Waals surface area (Å²) in [4.78, 5) is 2.66. The molecule has 2 aliphatic rings. The lowest BCUT2D eigenvalue weighted by molar-refractivity contribution is 0.648. The molecule has 2 atom stereocenters. The Morgan fingerprint density at radius 1 is 1.00 bits per heavy atom. The van der Waals surface area contributed by atoms with E-state index in [1.54, 1.807) is 0 Å². The molecule has 0 amide bonds. The second-order valence-corrected chi connectivity index (χ2v) is 6.40. The quantitative estimate of drug-likeness (QED) is 0.829. The van der Waals surface area contributed by atoms with Crippen molar-refractivity contribution >= 4 is 11.4 Å². The summed E-state index contributed by atoms with van der Waals surface area (Å²) in [5, 5.41) is 3.63. The predicted octanol–water partition coefficient (Wildman–Crippen LogP) is 4.44. The molecule has 0 aromatic heterocycles. The molecule has 0 radical (unpaired) electrons. The third-order valence-corrected chi connectivity index (χ3v) is 5.11. The molecule has 0 spiro atoms. The van der Waals surface area contributed by atoms with Gasteiger partial charge in [0.05, 0.1) is 17.4 Å². The Labute approximate surface area is 126 Å². The van der Waals surface area contributed by atoms with Crippen LogP contribution in [0.2, 0.25) is 0 Å². The highest BCUT2D eigenvalue weighted by Gasteiger charge is 2.37. The highest BCUT2D eigenvalue weighted by molar-refractivity contribution is 5.76. The van der Waals surface area contributed by atoms with Crippen molar-refractivity contribution in [3.8, 4) is 0 Å². The Balaban J connectivity index is 1.80. The van der Waals surface area contributed by atoms with Gasteiger partial charge in [-0.05, 0) is 55.5 Å². The minimum absolute atomic E-state index is 0.527. The summed E-state index contributed by atoms with van der Waals surface area (Å²) in [6.45, 7) is 5.48. The molecule has 0 bridgehead atoms. The number of hydrogen-bond acceptors (Lipinski definition) is 2. The van der Waals surface area contributed by atoms with Gasteiger partial charge in [0.2, 0.25) is 0 Å². The number of fused-ring (bicyclic) bond motifs is 3. The maximum atomic E-state index is 3.63. The minimum atomic E-state index is 0.527. The first-order valence-electron chi connectivity index (χ1n) is 7.92. The van der Waals surface area contributed by atoms with Gasteiger partial charge in [0, 0.05) is 12.6 Å². The third-order valence-electron chi connectivity index (χ3n) is 5.11. The monoisotopic (exact) mass is 278 g/mol. The van der Waals surface area contributed by atoms with Gasteiger partial charge in [-0.1, -0.05) is 30.3 Å². The van der Waals surface area contributed by atoms with Crippen molar-refractivity contribution in [3.63, 3.8) is 0 Å². The van der Waals surface area contributed by atoms with Crippen LogP contribution in [-0.2, 0) is 0 Å². The summed E-state index contributed by atoms with van der Waals surface area (Å²) < 4.78 is 0. The summed E-state index contributed by atoms with van der Waals surface area (Å²) in [6, 6.07) is 16.8. The lowest BCUT2D eigenvalue weighted by atomic mass is 10.0. The standard InChI is InChI=1S/C19H22N2/c1-13-10-17-19(11-14(13)2)21-16(12-20-17)8-9-18(21)15-6-4-3-5-7-15/h3-7,10-11,16,18,20H,8-9,12H2,1-2H3/t16-,18+/m1/s1. The van der Waals surface area contributed by atoms with Crippen LogP contribution in [0.25, 0.3) is 0 Å². The van der Waals surface area contributed by atoms with Crippen LogP contribution in [0.4, 0.5) is 11.4 Å². The molecule has 4 rings (SSSR count). The maximum Gasteiger partial charge on any atom is 0.0613 e. The Morgan fingerprint density at radius 2 is 1.76 bits per heavy atom. The molecule has 1 fully saturated rings. The Bertz CT molecular complexity index is 663. The largest absolute Gasteiger partial charge is 0.381 e. The van der Waals surface area contributed by atoms with Crippen LogP contribution in [0, 0.1) is 13.8 Å². The zero-order valence-electron chi connectivity index (χ0n) is 12.8. The summed E-state index contributed by atoms with van der Waals surface area (Å²) in [5.41, 5.74) is 6.90. The van der Waals surface area contributed by atoms with E-state index < -0.39 is 0 Å². The maximum absolute atomic E-state index is 3.63. The van der Waals surface area contributed by atoms with Gasteiger partial charge in [-0.3, -0.25) is 0 Å². The molecule has 2 heterocycles. The topological polar surface area (TPSA) is 15.3 Å². The van der Waals surface area contributed by atoms with Gasteiger partial charge >= 0.3 is 0 Å². The molecule has 21 heavy (non-hydrogen) atoms. The first-order chi connectivity index (χ1) is 10.2. The smallest absolute Gasteiger partial charge is 0.0613 e. The molecule has 1 saturated heterocycles. The molecule has 2 nitrogen and oxygen atoms in total. The van der Waals surface area contributed by atoms with Crippen molar-refractivity contribution in [1.82, 2.24) is 0 Å². The second kappa shape index (κ2) is 4.80. The predicted molar refractivity (Wildman–Crippen MR) is 89.1 cm³/mol. The molecule has 2 aromatic carbocycles. The van der Waals surface area contributed by atoms with Crippen LogP contribution in [0.3, 0.4) is 0 Å². The van der Waals surface area contributed by atoms with Gasteiger partial charge in [-0.15, -0.1) is 0 Å². The van der Waals surface area contributed by atoms with Crippen molar-refractivity contribution in [2.24, 2.45) is 0 Å². The summed E-state index contributed by atoms with van der Waals surface area (Å²) in [5.74, 6) is 0. The highest BCUT2D eigenvalue weighted by atomic mass is 15.3. The van der Waals surface area contributed by atoms with Crippen LogP contribution >= 0.6 is 0 Å². The van der Waals surface area contributed by atoms with Crippen molar-refractivity contribution < 1.29 is 0 Å². The van der Waals surface area contributed by atoms with Gasteiger partial charge in [-0.25, -0.2) is 0 Å². The normalized spacial score (nSPS) is 23.4. The molecule has 0 unspecified atom stereocenters. The Kier molecular flexibility index (Phi) is 2.91. The first kappa shape index (κ1) is 12.8. The van der Waals surface area contributed by atoms with E-state index in [4.69, 9.17) is 0 Å². The van der Waals surface area contributed by atoms with Gasteiger partial charge in [-0.2, -0.15) is 0 Å². The fourth-order valence-electron chi connectivity index (χ4n) is 3.83. The number of aryl methyl sites for hydroxylation is 2. The molecule has 2 aromatic rings. The van der Waals surface area contributed by atoms with Crippen molar-refractivity contribution in [2.45, 2.75) is 38.8 Å². The summed E-state index contributed by atoms with van der Waals surface area (Å²) in [6.07, 6.45) is 2.53. The van der Waals surface area contributed by atoms with Gasteiger partial charge in [0.1, 0.15) is 0 Å². The number of rotatable bonds is 1. The molecule has 1 N–H and O–H groups in total. The van der Waals surface area contributed by atoms with E-state index in [9.17, 15) is 0 Å². The molecule has 2 heteroatoms. The average molecular weight is 278 g/mol. The zero-order chi connectivity index (χ0) is 14.4. The fourth-order valence-corrected chi connectivity index (χ4v) is 3.83. The number of benzene rings is 2. The summed E-state index contributed by atoms with van der Waals surface area (Å²) in [7, 11) is 0. The second-order valence-electron chi connectivity index (χ2n) is 6.40. The van der Waals surface area contributed by atoms with E-state index in [-0.39, 0.29) is 0 Å². The van der Waals surface area contributed by atoms with E-state index in [1.807, 2.05) is 0 Å². The van der Waals surface area contributed by atoms with Crippen LogP contribution in [0.5, 0.6) is 0 Å². The van der Waals surface area contributed by atoms with Crippen LogP contribution in [-0.4, -0.2) is 12.6 Å². The van der Waals surface area contributed by atoms with Crippen LogP contribution in [0.1, 0.15) is 35.6 Å². The van der Waals surface area contributed by atoms with E-state index in [1.165, 1.54) is 40.9 Å². The van der Waals surface area contributed by atoms with E-state index in [2.05, 4.69) is 66.5 Å². The number of nitrogens with one attached hydrogen (secondary N) is 1. The van der Waals surface area contributed by atoms with Crippen LogP contribution < -0.4 is 10.2 Å². The molecule has 0 aliphatic carbocycles. The molecule has 0 saturated carbocycles. The molecule has 2 aliphatic heterocycles. The van der Waals surface area contributed by atoms with Crippen molar-refractivity contribution in [3.05, 3.63) is 59.2 Å². The minimum Gasteiger partial charge on any atom is -0.381 e. The third kappa shape index (κ3) is 2.01.